The Hall–Kier alpha value is -4.86. The lowest BCUT2D eigenvalue weighted by Crippen LogP contribution is -2.48. The molecule has 0 bridgehead atoms. The molecule has 2 aromatic carbocycles. The molecule has 242 valence electrons. The first-order valence-corrected chi connectivity index (χ1v) is 15.4. The van der Waals surface area contributed by atoms with Crippen LogP contribution in [0.4, 0.5) is 16.0 Å². The summed E-state index contributed by atoms with van der Waals surface area (Å²) in [5, 5.41) is 22.1. The standard InChI is InChI=1S/C34H42FN9O2/c1-4-15-44(17-14-36)34(2,3)19-23(20-37)33(45)43-16-8-9-24(21-43)42-32-29(31(39)40-22-41-32)30(38)27-13-12-26(18-28(27)35)46-25-10-6-5-7-11-25/h5-7,10-13,18-19,22,24,38H,4,8-9,14-17,21,36H2,1-3H3,(H3,39,40,41,42)/b23-19-,38-30?/t24-/m1/s1. The average Bonchev–Trinajstić information content (AvgIpc) is 3.04. The van der Waals surface area contributed by atoms with Crippen molar-refractivity contribution in [2.45, 2.75) is 51.6 Å². The third-order valence-corrected chi connectivity index (χ3v) is 7.92. The number of nitriles is 1. The average molecular weight is 628 g/mol. The summed E-state index contributed by atoms with van der Waals surface area (Å²) in [5.74, 6) is 0.111. The molecule has 2 heterocycles. The third kappa shape index (κ3) is 8.24. The van der Waals surface area contributed by atoms with E-state index >= 15 is 4.39 Å². The number of para-hydroxylation sites is 1. The number of rotatable bonds is 13. The Balaban J connectivity index is 1.51. The van der Waals surface area contributed by atoms with Crippen molar-refractivity contribution in [2.75, 3.05) is 43.8 Å². The Bertz CT molecular complexity index is 1600. The molecule has 1 atom stereocenters. The predicted octanol–water partition coefficient (Wildman–Crippen LogP) is 4.71. The molecular formula is C34H42FN9O2. The van der Waals surface area contributed by atoms with Crippen LogP contribution in [-0.2, 0) is 4.79 Å². The van der Waals surface area contributed by atoms with Gasteiger partial charge in [0.05, 0.1) is 11.3 Å². The molecule has 1 aromatic heterocycles. The fourth-order valence-corrected chi connectivity index (χ4v) is 5.62. The molecule has 1 fully saturated rings. The lowest BCUT2D eigenvalue weighted by atomic mass is 9.97. The highest BCUT2D eigenvalue weighted by Crippen LogP contribution is 2.29. The zero-order valence-electron chi connectivity index (χ0n) is 26.6. The van der Waals surface area contributed by atoms with Crippen LogP contribution in [0, 0.1) is 22.6 Å². The third-order valence-electron chi connectivity index (χ3n) is 7.92. The van der Waals surface area contributed by atoms with Gasteiger partial charge in [-0.1, -0.05) is 25.1 Å². The van der Waals surface area contributed by atoms with Gasteiger partial charge in [-0.15, -0.1) is 0 Å². The molecule has 1 amide bonds. The largest absolute Gasteiger partial charge is 0.457 e. The summed E-state index contributed by atoms with van der Waals surface area (Å²) >= 11 is 0. The summed E-state index contributed by atoms with van der Waals surface area (Å²) in [6.07, 6.45) is 5.31. The van der Waals surface area contributed by atoms with Gasteiger partial charge in [-0.3, -0.25) is 15.1 Å². The van der Waals surface area contributed by atoms with Crippen LogP contribution in [0.25, 0.3) is 0 Å². The molecule has 1 saturated heterocycles. The van der Waals surface area contributed by atoms with Crippen LogP contribution in [0.5, 0.6) is 11.5 Å². The summed E-state index contributed by atoms with van der Waals surface area (Å²) in [4.78, 5) is 25.8. The maximum absolute atomic E-state index is 15.3. The second-order valence-corrected chi connectivity index (χ2v) is 11.7. The van der Waals surface area contributed by atoms with Crippen molar-refractivity contribution >= 4 is 23.3 Å². The van der Waals surface area contributed by atoms with Gasteiger partial charge in [0.15, 0.2) is 0 Å². The summed E-state index contributed by atoms with van der Waals surface area (Å²) in [6, 6.07) is 15.1. The molecular weight excluding hydrogens is 585 g/mol. The number of aromatic nitrogens is 2. The minimum Gasteiger partial charge on any atom is -0.457 e. The normalized spacial score (nSPS) is 15.4. The molecule has 1 aliphatic heterocycles. The first-order valence-electron chi connectivity index (χ1n) is 15.4. The summed E-state index contributed by atoms with van der Waals surface area (Å²) in [5.41, 5.74) is 11.5. The fourth-order valence-electron chi connectivity index (χ4n) is 5.62. The molecule has 3 aromatic rings. The highest BCUT2D eigenvalue weighted by atomic mass is 19.1. The lowest BCUT2D eigenvalue weighted by molar-refractivity contribution is -0.127. The van der Waals surface area contributed by atoms with Gasteiger partial charge in [0.25, 0.3) is 5.91 Å². The van der Waals surface area contributed by atoms with Crippen molar-refractivity contribution in [1.82, 2.24) is 19.8 Å². The first-order chi connectivity index (χ1) is 22.1. The number of hydrogen-bond acceptors (Lipinski definition) is 10. The van der Waals surface area contributed by atoms with E-state index in [-0.39, 0.29) is 51.7 Å². The van der Waals surface area contributed by atoms with E-state index in [1.54, 1.807) is 29.2 Å². The zero-order valence-corrected chi connectivity index (χ0v) is 26.6. The Kier molecular flexibility index (Phi) is 11.4. The van der Waals surface area contributed by atoms with Crippen LogP contribution in [0.3, 0.4) is 0 Å². The van der Waals surface area contributed by atoms with E-state index in [0.717, 1.165) is 13.0 Å². The van der Waals surface area contributed by atoms with Gasteiger partial charge in [0.2, 0.25) is 0 Å². The van der Waals surface area contributed by atoms with E-state index in [1.807, 2.05) is 32.0 Å². The number of amides is 1. The van der Waals surface area contributed by atoms with Crippen LogP contribution >= 0.6 is 0 Å². The number of benzene rings is 2. The molecule has 6 N–H and O–H groups in total. The van der Waals surface area contributed by atoms with E-state index in [2.05, 4.69) is 33.2 Å². The Labute approximate surface area is 269 Å². The number of anilines is 2. The molecule has 12 heteroatoms. The Morgan fingerprint density at radius 3 is 2.67 bits per heavy atom. The van der Waals surface area contributed by atoms with Crippen molar-refractivity contribution < 1.29 is 13.9 Å². The molecule has 0 saturated carbocycles. The summed E-state index contributed by atoms with van der Waals surface area (Å²) < 4.78 is 21.0. The van der Waals surface area contributed by atoms with E-state index < -0.39 is 11.4 Å². The van der Waals surface area contributed by atoms with Crippen molar-refractivity contribution in [3.05, 3.63) is 83.5 Å². The van der Waals surface area contributed by atoms with Gasteiger partial charge in [-0.2, -0.15) is 5.26 Å². The Morgan fingerprint density at radius 2 is 2.00 bits per heavy atom. The van der Waals surface area contributed by atoms with Gasteiger partial charge in [-0.05, 0) is 70.0 Å². The molecule has 1 aliphatic rings. The quantitative estimate of drug-likeness (QED) is 0.119. The lowest BCUT2D eigenvalue weighted by Gasteiger charge is -2.37. The number of hydrogen-bond donors (Lipinski definition) is 4. The van der Waals surface area contributed by atoms with E-state index in [1.165, 1.54) is 18.5 Å². The van der Waals surface area contributed by atoms with Gasteiger partial charge < -0.3 is 26.4 Å². The second kappa shape index (κ2) is 15.4. The smallest absolute Gasteiger partial charge is 0.264 e. The van der Waals surface area contributed by atoms with Crippen LogP contribution in [0.2, 0.25) is 0 Å². The van der Waals surface area contributed by atoms with Crippen molar-refractivity contribution in [1.29, 1.82) is 10.7 Å². The molecule has 0 aliphatic carbocycles. The molecule has 0 radical (unpaired) electrons. The van der Waals surface area contributed by atoms with Gasteiger partial charge in [0.1, 0.15) is 46.9 Å². The maximum atomic E-state index is 15.3. The van der Waals surface area contributed by atoms with Crippen LogP contribution < -0.4 is 21.5 Å². The first kappa shape index (κ1) is 34.0. The number of carbonyl (C=O) groups excluding carboxylic acids is 1. The van der Waals surface area contributed by atoms with Crippen molar-refractivity contribution in [3.8, 4) is 17.6 Å². The molecule has 0 unspecified atom stereocenters. The van der Waals surface area contributed by atoms with Crippen molar-refractivity contribution in [2.24, 2.45) is 5.73 Å². The number of nitrogen functional groups attached to an aromatic ring is 1. The van der Waals surface area contributed by atoms with Gasteiger partial charge >= 0.3 is 0 Å². The molecule has 4 rings (SSSR count). The van der Waals surface area contributed by atoms with Crippen LogP contribution in [-0.4, -0.2) is 75.7 Å². The fraction of sp³-hybridized carbons (Fsp3) is 0.382. The number of piperidine rings is 1. The summed E-state index contributed by atoms with van der Waals surface area (Å²) in [7, 11) is 0. The minimum atomic E-state index is -0.662. The number of halogens is 1. The van der Waals surface area contributed by atoms with Gasteiger partial charge in [-0.25, -0.2) is 14.4 Å². The molecule has 0 spiro atoms. The number of likely N-dealkylation sites (tertiary alicyclic amines) is 1. The van der Waals surface area contributed by atoms with E-state index in [0.29, 0.717) is 44.8 Å². The number of carbonyl (C=O) groups is 1. The van der Waals surface area contributed by atoms with Crippen LogP contribution in [0.1, 0.15) is 51.2 Å². The maximum Gasteiger partial charge on any atom is 0.264 e. The number of nitrogens with two attached hydrogens (primary N) is 2. The number of nitrogens with one attached hydrogen (secondary N) is 2. The topological polar surface area (TPSA) is 170 Å². The second-order valence-electron chi connectivity index (χ2n) is 11.7. The molecule has 11 nitrogen and oxygen atoms in total. The Morgan fingerprint density at radius 1 is 1.24 bits per heavy atom. The zero-order chi connectivity index (χ0) is 33.3. The predicted molar refractivity (Wildman–Crippen MR) is 177 cm³/mol. The molecule has 46 heavy (non-hydrogen) atoms. The monoisotopic (exact) mass is 627 g/mol. The minimum absolute atomic E-state index is 0.00331. The SMILES string of the molecule is CCCN(CCN)C(C)(C)/C=C(/C#N)C(=O)N1CCC[C@@H](Nc2ncnc(N)c2C(=N)c2ccc(Oc3ccccc3)cc2F)C1. The number of nitrogens with zero attached hydrogens (tertiary/aromatic N) is 5. The number of ether oxygens (including phenoxy) is 1. The van der Waals surface area contributed by atoms with Gasteiger partial charge in [0, 0.05) is 49.4 Å². The van der Waals surface area contributed by atoms with Crippen molar-refractivity contribution in [3.63, 3.8) is 0 Å². The highest BCUT2D eigenvalue weighted by Gasteiger charge is 2.31. The van der Waals surface area contributed by atoms with Crippen LogP contribution in [0.15, 0.2) is 66.5 Å². The van der Waals surface area contributed by atoms with E-state index in [9.17, 15) is 10.1 Å². The summed E-state index contributed by atoms with van der Waals surface area (Å²) in [6.45, 7) is 8.74. The van der Waals surface area contributed by atoms with E-state index in [4.69, 9.17) is 21.6 Å². The highest BCUT2D eigenvalue weighted by molar-refractivity contribution is 6.16.